The van der Waals surface area contributed by atoms with E-state index in [0.29, 0.717) is 12.5 Å². The van der Waals surface area contributed by atoms with Gasteiger partial charge in [-0.3, -0.25) is 0 Å². The van der Waals surface area contributed by atoms with Crippen LogP contribution in [-0.2, 0) is 0 Å². The van der Waals surface area contributed by atoms with Crippen LogP contribution in [0.5, 0.6) is 5.75 Å². The van der Waals surface area contributed by atoms with Crippen molar-refractivity contribution < 1.29 is 9.84 Å². The lowest BCUT2D eigenvalue weighted by Gasteiger charge is -2.36. The molecular weight excluding hydrogens is 260 g/mol. The second-order valence-electron chi connectivity index (χ2n) is 6.96. The Balaban J connectivity index is 2.26. The molecule has 0 spiro atoms. The van der Waals surface area contributed by atoms with E-state index in [2.05, 4.69) is 20.8 Å². The van der Waals surface area contributed by atoms with Gasteiger partial charge in [-0.05, 0) is 37.7 Å². The van der Waals surface area contributed by atoms with E-state index in [9.17, 15) is 5.11 Å². The minimum absolute atomic E-state index is 0.0415. The fourth-order valence-corrected chi connectivity index (χ4v) is 3.86. The largest absolute Gasteiger partial charge is 0.493 e. The van der Waals surface area contributed by atoms with E-state index in [4.69, 9.17) is 4.74 Å². The van der Waals surface area contributed by atoms with Crippen LogP contribution >= 0.6 is 0 Å². The van der Waals surface area contributed by atoms with Crippen molar-refractivity contribution in [2.24, 2.45) is 11.3 Å². The standard InChI is InChI=1S/C19H30O2/c1-4-13-21-17-10-6-5-9-16(17)18(20)19(14-15(2)3)11-7-8-12-19/h5-6,9-10,15,18,20H,4,7-8,11-14H2,1-3H3. The number of hydrogen-bond donors (Lipinski definition) is 1. The van der Waals surface area contributed by atoms with Crippen LogP contribution in [0.1, 0.15) is 71.0 Å². The Hall–Kier alpha value is -1.02. The molecule has 1 aliphatic carbocycles. The van der Waals surface area contributed by atoms with Gasteiger partial charge in [-0.25, -0.2) is 0 Å². The zero-order valence-corrected chi connectivity index (χ0v) is 13.8. The van der Waals surface area contributed by atoms with Crippen LogP contribution < -0.4 is 4.74 Å². The van der Waals surface area contributed by atoms with E-state index < -0.39 is 6.10 Å². The third kappa shape index (κ3) is 3.79. The van der Waals surface area contributed by atoms with E-state index in [0.717, 1.165) is 37.0 Å². The summed E-state index contributed by atoms with van der Waals surface area (Å²) in [5.74, 6) is 1.48. The summed E-state index contributed by atoms with van der Waals surface area (Å²) < 4.78 is 5.86. The van der Waals surface area contributed by atoms with Crippen molar-refractivity contribution in [3.05, 3.63) is 29.8 Å². The first-order valence-corrected chi connectivity index (χ1v) is 8.49. The molecule has 2 nitrogen and oxygen atoms in total. The highest BCUT2D eigenvalue weighted by Gasteiger charge is 2.42. The van der Waals surface area contributed by atoms with Crippen molar-refractivity contribution in [3.8, 4) is 5.75 Å². The summed E-state index contributed by atoms with van der Waals surface area (Å²) in [5, 5.41) is 11.1. The first-order valence-electron chi connectivity index (χ1n) is 8.49. The summed E-state index contributed by atoms with van der Waals surface area (Å²) in [6, 6.07) is 8.03. The van der Waals surface area contributed by atoms with Gasteiger partial charge in [-0.2, -0.15) is 0 Å². The van der Waals surface area contributed by atoms with Crippen LogP contribution in [0.2, 0.25) is 0 Å². The third-order valence-electron chi connectivity index (χ3n) is 4.67. The van der Waals surface area contributed by atoms with Crippen LogP contribution in [0, 0.1) is 11.3 Å². The van der Waals surface area contributed by atoms with Crippen molar-refractivity contribution in [1.29, 1.82) is 0 Å². The molecule has 1 saturated carbocycles. The van der Waals surface area contributed by atoms with Crippen molar-refractivity contribution >= 4 is 0 Å². The highest BCUT2D eigenvalue weighted by molar-refractivity contribution is 5.36. The molecule has 1 aliphatic rings. The molecule has 0 aromatic heterocycles. The lowest BCUT2D eigenvalue weighted by molar-refractivity contribution is 0.00925. The van der Waals surface area contributed by atoms with Gasteiger partial charge in [0.15, 0.2) is 0 Å². The zero-order valence-electron chi connectivity index (χ0n) is 13.8. The van der Waals surface area contributed by atoms with Gasteiger partial charge in [0.05, 0.1) is 12.7 Å². The van der Waals surface area contributed by atoms with Gasteiger partial charge in [-0.15, -0.1) is 0 Å². The van der Waals surface area contributed by atoms with E-state index in [1.165, 1.54) is 12.8 Å². The number of aliphatic hydroxyl groups is 1. The number of para-hydroxylation sites is 1. The Kier molecular flexibility index (Phi) is 5.69. The first-order chi connectivity index (χ1) is 10.1. The summed E-state index contributed by atoms with van der Waals surface area (Å²) >= 11 is 0. The van der Waals surface area contributed by atoms with Gasteiger partial charge in [0.25, 0.3) is 0 Å². The molecule has 21 heavy (non-hydrogen) atoms. The van der Waals surface area contributed by atoms with E-state index in [1.54, 1.807) is 0 Å². The van der Waals surface area contributed by atoms with Crippen molar-refractivity contribution in [1.82, 2.24) is 0 Å². The molecule has 0 heterocycles. The lowest BCUT2D eigenvalue weighted by atomic mass is 9.72. The number of benzene rings is 1. The second-order valence-corrected chi connectivity index (χ2v) is 6.96. The molecule has 1 atom stereocenters. The molecule has 1 fully saturated rings. The van der Waals surface area contributed by atoms with Gasteiger partial charge < -0.3 is 9.84 Å². The molecule has 0 bridgehead atoms. The SMILES string of the molecule is CCCOc1ccccc1C(O)C1(CC(C)C)CCCC1. The topological polar surface area (TPSA) is 29.5 Å². The zero-order chi connectivity index (χ0) is 15.3. The Morgan fingerprint density at radius 3 is 2.48 bits per heavy atom. The second kappa shape index (κ2) is 7.31. The highest BCUT2D eigenvalue weighted by Crippen LogP contribution is 2.52. The average molecular weight is 290 g/mol. The average Bonchev–Trinajstić information content (AvgIpc) is 2.93. The van der Waals surface area contributed by atoms with E-state index in [-0.39, 0.29) is 5.41 Å². The predicted octanol–water partition coefficient (Wildman–Crippen LogP) is 5.12. The molecule has 2 heteroatoms. The monoisotopic (exact) mass is 290 g/mol. The quantitative estimate of drug-likeness (QED) is 0.755. The summed E-state index contributed by atoms with van der Waals surface area (Å²) in [5.41, 5.74) is 1.02. The minimum atomic E-state index is -0.407. The fourth-order valence-electron chi connectivity index (χ4n) is 3.86. The van der Waals surface area contributed by atoms with Crippen LogP contribution in [0.15, 0.2) is 24.3 Å². The van der Waals surface area contributed by atoms with Crippen molar-refractivity contribution in [3.63, 3.8) is 0 Å². The molecule has 0 radical (unpaired) electrons. The highest BCUT2D eigenvalue weighted by atomic mass is 16.5. The molecule has 118 valence electrons. The number of rotatable bonds is 7. The fraction of sp³-hybridized carbons (Fsp3) is 0.684. The number of hydrogen-bond acceptors (Lipinski definition) is 2. The van der Waals surface area contributed by atoms with Crippen LogP contribution in [-0.4, -0.2) is 11.7 Å². The van der Waals surface area contributed by atoms with Crippen LogP contribution in [0.25, 0.3) is 0 Å². The summed E-state index contributed by atoms with van der Waals surface area (Å²) in [6.45, 7) is 7.33. The molecule has 1 unspecified atom stereocenters. The first kappa shape index (κ1) is 16.4. The molecule has 0 aliphatic heterocycles. The minimum Gasteiger partial charge on any atom is -0.493 e. The molecule has 0 saturated heterocycles. The molecule has 1 N–H and O–H groups in total. The van der Waals surface area contributed by atoms with Gasteiger partial charge in [0.1, 0.15) is 5.75 Å². The van der Waals surface area contributed by atoms with Gasteiger partial charge >= 0.3 is 0 Å². The Morgan fingerprint density at radius 2 is 1.86 bits per heavy atom. The number of ether oxygens (including phenoxy) is 1. The number of aliphatic hydroxyl groups excluding tert-OH is 1. The molecular formula is C19H30O2. The summed E-state index contributed by atoms with van der Waals surface area (Å²) in [4.78, 5) is 0. The molecule has 2 rings (SSSR count). The molecule has 1 aromatic carbocycles. The maximum absolute atomic E-state index is 11.1. The Labute approximate surface area is 129 Å². The van der Waals surface area contributed by atoms with Crippen molar-refractivity contribution in [2.75, 3.05) is 6.61 Å². The molecule has 0 amide bonds. The normalized spacial score (nSPS) is 18.9. The smallest absolute Gasteiger partial charge is 0.125 e. The predicted molar refractivity (Wildman–Crippen MR) is 87.5 cm³/mol. The van der Waals surface area contributed by atoms with Gasteiger partial charge in [-0.1, -0.05) is 51.8 Å². The van der Waals surface area contributed by atoms with Crippen LogP contribution in [0.3, 0.4) is 0 Å². The van der Waals surface area contributed by atoms with E-state index in [1.807, 2.05) is 24.3 Å². The summed E-state index contributed by atoms with van der Waals surface area (Å²) in [7, 11) is 0. The Morgan fingerprint density at radius 1 is 1.19 bits per heavy atom. The maximum atomic E-state index is 11.1. The lowest BCUT2D eigenvalue weighted by Crippen LogP contribution is -2.28. The molecule has 1 aromatic rings. The van der Waals surface area contributed by atoms with Crippen LogP contribution in [0.4, 0.5) is 0 Å². The third-order valence-corrected chi connectivity index (χ3v) is 4.67. The maximum Gasteiger partial charge on any atom is 0.125 e. The van der Waals surface area contributed by atoms with Gasteiger partial charge in [0.2, 0.25) is 0 Å². The summed E-state index contributed by atoms with van der Waals surface area (Å²) in [6.07, 6.45) is 6.42. The van der Waals surface area contributed by atoms with Gasteiger partial charge in [0, 0.05) is 11.0 Å². The van der Waals surface area contributed by atoms with E-state index >= 15 is 0 Å². The Bertz CT molecular complexity index is 433. The van der Waals surface area contributed by atoms with Crippen molar-refractivity contribution in [2.45, 2.75) is 65.4 Å².